The van der Waals surface area contributed by atoms with E-state index in [-0.39, 0.29) is 18.5 Å². The first-order valence-electron chi connectivity index (χ1n) is 9.72. The lowest BCUT2D eigenvalue weighted by Crippen LogP contribution is -2.36. The molecule has 2 aromatic rings. The third-order valence-electron chi connectivity index (χ3n) is 4.74. The van der Waals surface area contributed by atoms with Gasteiger partial charge in [-0.15, -0.1) is 0 Å². The number of nitrogens with zero attached hydrogens (tertiary/aromatic N) is 1. The van der Waals surface area contributed by atoms with E-state index in [0.717, 1.165) is 5.56 Å². The molecule has 0 saturated carbocycles. The molecule has 1 atom stereocenters. The summed E-state index contributed by atoms with van der Waals surface area (Å²) in [7, 11) is -3.48. The number of ether oxygens (including phenoxy) is 1. The van der Waals surface area contributed by atoms with Crippen molar-refractivity contribution in [2.45, 2.75) is 40.3 Å². The smallest absolute Gasteiger partial charge is 0.251 e. The minimum Gasteiger partial charge on any atom is -0.494 e. The molecular formula is C22H30N2O4S. The van der Waals surface area contributed by atoms with Gasteiger partial charge in [-0.05, 0) is 61.7 Å². The molecule has 1 amide bonds. The lowest BCUT2D eigenvalue weighted by molar-refractivity contribution is 0.0930. The van der Waals surface area contributed by atoms with Gasteiger partial charge in [0.2, 0.25) is 10.0 Å². The highest BCUT2D eigenvalue weighted by molar-refractivity contribution is 7.92. The van der Waals surface area contributed by atoms with Crippen molar-refractivity contribution in [1.29, 1.82) is 0 Å². The Morgan fingerprint density at radius 2 is 1.62 bits per heavy atom. The first-order valence-corrected chi connectivity index (χ1v) is 11.6. The highest BCUT2D eigenvalue weighted by Gasteiger charge is 2.18. The molecule has 0 aliphatic carbocycles. The van der Waals surface area contributed by atoms with E-state index in [1.165, 1.54) is 10.6 Å². The molecule has 1 N–H and O–H groups in total. The van der Waals surface area contributed by atoms with Crippen LogP contribution in [0, 0.1) is 5.92 Å². The standard InChI is InChI=1S/C22H30N2O4S/c1-6-28-21-13-11-20(12-14-21)24(29(5,26)27)15-18-7-9-19(10-8-18)22(25)23-17(4)16(2)3/h7-14,16-17H,6,15H2,1-5H3,(H,23,25)/t17-/m0/s1. The second-order valence-electron chi connectivity index (χ2n) is 7.40. The molecule has 0 aliphatic rings. The van der Waals surface area contributed by atoms with Crippen LogP contribution in [0.4, 0.5) is 5.69 Å². The van der Waals surface area contributed by atoms with E-state index in [1.807, 2.05) is 13.8 Å². The Morgan fingerprint density at radius 1 is 1.03 bits per heavy atom. The van der Waals surface area contributed by atoms with E-state index in [0.29, 0.717) is 29.5 Å². The van der Waals surface area contributed by atoms with Gasteiger partial charge in [0.15, 0.2) is 0 Å². The number of hydrogen-bond acceptors (Lipinski definition) is 4. The number of nitrogens with one attached hydrogen (secondary N) is 1. The van der Waals surface area contributed by atoms with Crippen LogP contribution in [0.15, 0.2) is 48.5 Å². The van der Waals surface area contributed by atoms with Crippen molar-refractivity contribution < 1.29 is 17.9 Å². The second kappa shape index (κ2) is 9.78. The molecule has 0 heterocycles. The van der Waals surface area contributed by atoms with Gasteiger partial charge in [-0.1, -0.05) is 26.0 Å². The van der Waals surface area contributed by atoms with Gasteiger partial charge in [-0.25, -0.2) is 8.42 Å². The third kappa shape index (κ3) is 6.49. The lowest BCUT2D eigenvalue weighted by Gasteiger charge is -2.23. The Morgan fingerprint density at radius 3 is 2.10 bits per heavy atom. The van der Waals surface area contributed by atoms with Crippen LogP contribution in [0.2, 0.25) is 0 Å². The summed E-state index contributed by atoms with van der Waals surface area (Å²) in [4.78, 5) is 12.3. The third-order valence-corrected chi connectivity index (χ3v) is 5.88. The fraction of sp³-hybridized carbons (Fsp3) is 0.409. The maximum absolute atomic E-state index is 12.3. The Hall–Kier alpha value is -2.54. The minimum absolute atomic E-state index is 0.0718. The van der Waals surface area contributed by atoms with Gasteiger partial charge in [0.1, 0.15) is 5.75 Å². The van der Waals surface area contributed by atoms with E-state index in [2.05, 4.69) is 19.2 Å². The molecule has 158 valence electrons. The summed E-state index contributed by atoms with van der Waals surface area (Å²) in [6.07, 6.45) is 1.18. The number of carbonyl (C=O) groups excluding carboxylic acids is 1. The topological polar surface area (TPSA) is 75.7 Å². The summed E-state index contributed by atoms with van der Waals surface area (Å²) in [5, 5.41) is 2.96. The van der Waals surface area contributed by atoms with Crippen LogP contribution < -0.4 is 14.4 Å². The molecule has 0 spiro atoms. The summed E-state index contributed by atoms with van der Waals surface area (Å²) < 4.78 is 31.4. The summed E-state index contributed by atoms with van der Waals surface area (Å²) in [6, 6.07) is 14.0. The van der Waals surface area contributed by atoms with Crippen LogP contribution in [0.1, 0.15) is 43.6 Å². The molecular weight excluding hydrogens is 388 g/mol. The number of amides is 1. The summed E-state index contributed by atoms with van der Waals surface area (Å²) in [5.74, 6) is 0.899. The number of hydrogen-bond donors (Lipinski definition) is 1. The fourth-order valence-corrected chi connectivity index (χ4v) is 3.55. The van der Waals surface area contributed by atoms with Crippen LogP contribution in [0.25, 0.3) is 0 Å². The van der Waals surface area contributed by atoms with Gasteiger partial charge in [-0.3, -0.25) is 9.10 Å². The Bertz CT molecular complexity index is 907. The zero-order valence-corrected chi connectivity index (χ0v) is 18.5. The molecule has 2 rings (SSSR count). The van der Waals surface area contributed by atoms with Gasteiger partial charge < -0.3 is 10.1 Å². The normalized spacial score (nSPS) is 12.5. The molecule has 0 saturated heterocycles. The van der Waals surface area contributed by atoms with Crippen molar-refractivity contribution in [3.05, 3.63) is 59.7 Å². The Kier molecular flexibility index (Phi) is 7.67. The molecule has 0 aromatic heterocycles. The van der Waals surface area contributed by atoms with Crippen molar-refractivity contribution >= 4 is 21.6 Å². The monoisotopic (exact) mass is 418 g/mol. The van der Waals surface area contributed by atoms with Crippen molar-refractivity contribution in [1.82, 2.24) is 5.32 Å². The second-order valence-corrected chi connectivity index (χ2v) is 9.31. The zero-order chi connectivity index (χ0) is 21.6. The average Bonchev–Trinajstić information content (AvgIpc) is 2.66. The van der Waals surface area contributed by atoms with Crippen LogP contribution >= 0.6 is 0 Å². The van der Waals surface area contributed by atoms with Crippen molar-refractivity contribution in [3.63, 3.8) is 0 Å². The van der Waals surface area contributed by atoms with Crippen LogP contribution in [0.3, 0.4) is 0 Å². The predicted octanol–water partition coefficient (Wildman–Crippen LogP) is 3.83. The molecule has 6 nitrogen and oxygen atoms in total. The number of rotatable bonds is 9. The van der Waals surface area contributed by atoms with Gasteiger partial charge in [0.05, 0.1) is 25.1 Å². The molecule has 29 heavy (non-hydrogen) atoms. The van der Waals surface area contributed by atoms with Gasteiger partial charge in [-0.2, -0.15) is 0 Å². The maximum atomic E-state index is 12.3. The number of sulfonamides is 1. The molecule has 0 fully saturated rings. The zero-order valence-electron chi connectivity index (χ0n) is 17.7. The summed E-state index contributed by atoms with van der Waals surface area (Å²) >= 11 is 0. The highest BCUT2D eigenvalue weighted by atomic mass is 32.2. The maximum Gasteiger partial charge on any atom is 0.251 e. The minimum atomic E-state index is -3.48. The van der Waals surface area contributed by atoms with Crippen LogP contribution in [0.5, 0.6) is 5.75 Å². The fourth-order valence-electron chi connectivity index (χ4n) is 2.66. The quantitative estimate of drug-likeness (QED) is 0.672. The number of carbonyl (C=O) groups is 1. The van der Waals surface area contributed by atoms with E-state index >= 15 is 0 Å². The number of anilines is 1. The average molecular weight is 419 g/mol. The summed E-state index contributed by atoms with van der Waals surface area (Å²) in [6.45, 7) is 8.69. The molecule has 0 radical (unpaired) electrons. The van der Waals surface area contributed by atoms with Crippen molar-refractivity contribution in [2.24, 2.45) is 5.92 Å². The highest BCUT2D eigenvalue weighted by Crippen LogP contribution is 2.24. The predicted molar refractivity (Wildman–Crippen MR) is 117 cm³/mol. The molecule has 0 unspecified atom stereocenters. The summed E-state index contributed by atoms with van der Waals surface area (Å²) in [5.41, 5.74) is 1.90. The van der Waals surface area contributed by atoms with Gasteiger partial charge in [0, 0.05) is 11.6 Å². The van der Waals surface area contributed by atoms with Crippen molar-refractivity contribution in [2.75, 3.05) is 17.2 Å². The molecule has 2 aromatic carbocycles. The van der Waals surface area contributed by atoms with Gasteiger partial charge in [0.25, 0.3) is 5.91 Å². The molecule has 7 heteroatoms. The lowest BCUT2D eigenvalue weighted by atomic mass is 10.1. The van der Waals surface area contributed by atoms with E-state index in [1.54, 1.807) is 48.5 Å². The largest absolute Gasteiger partial charge is 0.494 e. The SMILES string of the molecule is CCOc1ccc(N(Cc2ccc(C(=O)N[C@@H](C)C(C)C)cc2)S(C)(=O)=O)cc1. The van der Waals surface area contributed by atoms with E-state index < -0.39 is 10.0 Å². The first-order chi connectivity index (χ1) is 13.6. The molecule has 0 aliphatic heterocycles. The van der Waals surface area contributed by atoms with Crippen LogP contribution in [-0.4, -0.2) is 33.2 Å². The Labute approximate surface area is 173 Å². The Balaban J connectivity index is 2.17. The first kappa shape index (κ1) is 22.7. The van der Waals surface area contributed by atoms with Crippen LogP contribution in [-0.2, 0) is 16.6 Å². The number of benzene rings is 2. The molecule has 0 bridgehead atoms. The van der Waals surface area contributed by atoms with Crippen molar-refractivity contribution in [3.8, 4) is 5.75 Å². The van der Waals surface area contributed by atoms with E-state index in [9.17, 15) is 13.2 Å². The van der Waals surface area contributed by atoms with E-state index in [4.69, 9.17) is 4.74 Å². The van der Waals surface area contributed by atoms with Gasteiger partial charge >= 0.3 is 0 Å².